The molecular weight excluding hydrogens is 382 g/mol. The van der Waals surface area contributed by atoms with Crippen LogP contribution >= 0.6 is 15.9 Å². The average molecular weight is 404 g/mol. The quantitative estimate of drug-likeness (QED) is 0.806. The number of amides is 1. The molecule has 1 heterocycles. The first-order chi connectivity index (χ1) is 10.8. The monoisotopic (exact) mass is 403 g/mol. The molecule has 0 aliphatic carbocycles. The largest absolute Gasteiger partial charge is 0.352 e. The van der Waals surface area contributed by atoms with Crippen LogP contribution in [0.2, 0.25) is 0 Å². The normalized spacial score (nSPS) is 17.0. The number of carbonyl (C=O) groups is 1. The molecular formula is C15H22BrN3O3S. The van der Waals surface area contributed by atoms with Gasteiger partial charge in [0.1, 0.15) is 6.54 Å². The van der Waals surface area contributed by atoms with Gasteiger partial charge >= 0.3 is 0 Å². The van der Waals surface area contributed by atoms with Crippen LogP contribution in [0.1, 0.15) is 12.8 Å². The van der Waals surface area contributed by atoms with Gasteiger partial charge in [0.05, 0.1) is 11.9 Å². The number of sulfonamides is 1. The first kappa shape index (κ1) is 18.2. The van der Waals surface area contributed by atoms with Gasteiger partial charge in [-0.05, 0) is 61.0 Å². The summed E-state index contributed by atoms with van der Waals surface area (Å²) in [4.78, 5) is 14.5. The third-order valence-corrected chi connectivity index (χ3v) is 5.69. The zero-order valence-electron chi connectivity index (χ0n) is 13.3. The van der Waals surface area contributed by atoms with Gasteiger partial charge in [-0.2, -0.15) is 0 Å². The summed E-state index contributed by atoms with van der Waals surface area (Å²) in [5.74, 6) is -0.277. The van der Waals surface area contributed by atoms with Crippen molar-refractivity contribution in [2.75, 3.05) is 37.2 Å². The Bertz CT molecular complexity index is 658. The maximum atomic E-state index is 12.3. The van der Waals surface area contributed by atoms with E-state index in [1.807, 2.05) is 0 Å². The second kappa shape index (κ2) is 7.63. The minimum absolute atomic E-state index is 0.110. The van der Waals surface area contributed by atoms with Gasteiger partial charge in [0, 0.05) is 10.5 Å². The fourth-order valence-corrected chi connectivity index (χ4v) is 4.08. The Labute approximate surface area is 146 Å². The Morgan fingerprint density at radius 2 is 1.96 bits per heavy atom. The summed E-state index contributed by atoms with van der Waals surface area (Å²) in [5.41, 5.74) is 0.466. The topological polar surface area (TPSA) is 69.7 Å². The van der Waals surface area contributed by atoms with Crippen LogP contribution in [0.4, 0.5) is 5.69 Å². The number of likely N-dealkylation sites (tertiary alicyclic amines) is 1. The number of nitrogens with one attached hydrogen (secondary N) is 1. The highest BCUT2D eigenvalue weighted by molar-refractivity contribution is 9.10. The summed E-state index contributed by atoms with van der Waals surface area (Å²) >= 11 is 3.34. The van der Waals surface area contributed by atoms with E-state index >= 15 is 0 Å². The maximum absolute atomic E-state index is 12.3. The Hall–Kier alpha value is -1.12. The van der Waals surface area contributed by atoms with E-state index in [1.165, 1.54) is 0 Å². The second-order valence-corrected chi connectivity index (χ2v) is 8.63. The van der Waals surface area contributed by atoms with E-state index in [2.05, 4.69) is 33.2 Å². The van der Waals surface area contributed by atoms with Crippen molar-refractivity contribution in [3.8, 4) is 0 Å². The molecule has 23 heavy (non-hydrogen) atoms. The van der Waals surface area contributed by atoms with Crippen LogP contribution in [0, 0.1) is 0 Å². The molecule has 0 radical (unpaired) electrons. The van der Waals surface area contributed by atoms with Gasteiger partial charge in [-0.15, -0.1) is 0 Å². The van der Waals surface area contributed by atoms with Gasteiger partial charge in [-0.3, -0.25) is 9.10 Å². The number of carbonyl (C=O) groups excluding carboxylic acids is 1. The van der Waals surface area contributed by atoms with Crippen LogP contribution in [0.15, 0.2) is 28.7 Å². The molecule has 1 aliphatic rings. The highest BCUT2D eigenvalue weighted by Crippen LogP contribution is 2.27. The number of nitrogens with zero attached hydrogens (tertiary/aromatic N) is 2. The van der Waals surface area contributed by atoms with E-state index in [1.54, 1.807) is 24.3 Å². The van der Waals surface area contributed by atoms with E-state index in [0.29, 0.717) is 10.2 Å². The Morgan fingerprint density at radius 1 is 1.35 bits per heavy atom. The van der Waals surface area contributed by atoms with Crippen molar-refractivity contribution in [1.29, 1.82) is 0 Å². The first-order valence-corrected chi connectivity index (χ1v) is 10.1. The van der Waals surface area contributed by atoms with Crippen LogP contribution in [0.25, 0.3) is 0 Å². The van der Waals surface area contributed by atoms with Crippen molar-refractivity contribution in [2.24, 2.45) is 0 Å². The Kier molecular flexibility index (Phi) is 6.05. The molecule has 1 aliphatic heterocycles. The summed E-state index contributed by atoms with van der Waals surface area (Å²) < 4.78 is 25.9. The van der Waals surface area contributed by atoms with E-state index < -0.39 is 10.0 Å². The van der Waals surface area contributed by atoms with Crippen molar-refractivity contribution in [2.45, 2.75) is 18.9 Å². The molecule has 1 fully saturated rings. The van der Waals surface area contributed by atoms with Crippen LogP contribution in [-0.2, 0) is 14.8 Å². The fraction of sp³-hybridized carbons (Fsp3) is 0.533. The van der Waals surface area contributed by atoms with Crippen molar-refractivity contribution < 1.29 is 13.2 Å². The Morgan fingerprint density at radius 3 is 2.52 bits per heavy atom. The molecule has 0 bridgehead atoms. The lowest BCUT2D eigenvalue weighted by Gasteiger charge is -2.30. The lowest BCUT2D eigenvalue weighted by molar-refractivity contribution is -0.120. The van der Waals surface area contributed by atoms with Crippen LogP contribution < -0.4 is 9.62 Å². The molecule has 0 saturated carbocycles. The van der Waals surface area contributed by atoms with Crippen molar-refractivity contribution in [3.63, 3.8) is 0 Å². The van der Waals surface area contributed by atoms with E-state index in [-0.39, 0.29) is 18.5 Å². The molecule has 0 atom stereocenters. The molecule has 6 nitrogen and oxygen atoms in total. The zero-order valence-corrected chi connectivity index (χ0v) is 15.7. The number of rotatable bonds is 5. The molecule has 0 spiro atoms. The summed E-state index contributed by atoms with van der Waals surface area (Å²) in [5, 5.41) is 2.94. The lowest BCUT2D eigenvalue weighted by Crippen LogP contribution is -2.47. The van der Waals surface area contributed by atoms with Gasteiger partial charge < -0.3 is 10.2 Å². The van der Waals surface area contributed by atoms with E-state index in [0.717, 1.165) is 36.5 Å². The van der Waals surface area contributed by atoms with Crippen molar-refractivity contribution >= 4 is 37.5 Å². The average Bonchev–Trinajstić information content (AvgIpc) is 2.47. The number of halogens is 1. The Balaban J connectivity index is 2.07. The summed E-state index contributed by atoms with van der Waals surface area (Å²) in [6.07, 6.45) is 2.88. The maximum Gasteiger partial charge on any atom is 0.240 e. The van der Waals surface area contributed by atoms with Gasteiger partial charge in [-0.1, -0.05) is 12.1 Å². The fourth-order valence-electron chi connectivity index (χ4n) is 2.59. The molecule has 1 aromatic rings. The molecule has 0 unspecified atom stereocenters. The van der Waals surface area contributed by atoms with Gasteiger partial charge in [0.2, 0.25) is 15.9 Å². The molecule has 1 saturated heterocycles. The molecule has 1 amide bonds. The number of benzene rings is 1. The van der Waals surface area contributed by atoms with Crippen LogP contribution in [-0.4, -0.2) is 58.2 Å². The number of anilines is 1. The van der Waals surface area contributed by atoms with Gasteiger partial charge in [0.25, 0.3) is 0 Å². The lowest BCUT2D eigenvalue weighted by atomic mass is 10.1. The second-order valence-electron chi connectivity index (χ2n) is 5.87. The highest BCUT2D eigenvalue weighted by atomic mass is 79.9. The summed E-state index contributed by atoms with van der Waals surface area (Å²) in [6.45, 7) is 1.66. The molecule has 0 aromatic heterocycles. The highest BCUT2D eigenvalue weighted by Gasteiger charge is 2.24. The SMILES string of the molecule is CN1CCC(NC(=O)CN(c2ccccc2Br)S(C)(=O)=O)CC1. The minimum atomic E-state index is -3.55. The van der Waals surface area contributed by atoms with E-state index in [9.17, 15) is 13.2 Å². The summed E-state index contributed by atoms with van der Waals surface area (Å²) in [6, 6.07) is 7.08. The predicted octanol–water partition coefficient (Wildman–Crippen LogP) is 1.43. The predicted molar refractivity (Wildman–Crippen MR) is 95.0 cm³/mol. The number of hydrogen-bond acceptors (Lipinski definition) is 4. The molecule has 128 valence electrons. The first-order valence-electron chi connectivity index (χ1n) is 7.47. The van der Waals surface area contributed by atoms with Crippen molar-refractivity contribution in [1.82, 2.24) is 10.2 Å². The third kappa shape index (κ3) is 5.19. The summed E-state index contributed by atoms with van der Waals surface area (Å²) in [7, 11) is -1.50. The smallest absolute Gasteiger partial charge is 0.240 e. The number of piperidine rings is 1. The molecule has 8 heteroatoms. The zero-order chi connectivity index (χ0) is 17.0. The van der Waals surface area contributed by atoms with Gasteiger partial charge in [-0.25, -0.2) is 8.42 Å². The van der Waals surface area contributed by atoms with E-state index in [4.69, 9.17) is 0 Å². The number of para-hydroxylation sites is 1. The minimum Gasteiger partial charge on any atom is -0.352 e. The van der Waals surface area contributed by atoms with Crippen LogP contribution in [0.5, 0.6) is 0 Å². The van der Waals surface area contributed by atoms with Crippen LogP contribution in [0.3, 0.4) is 0 Å². The number of hydrogen-bond donors (Lipinski definition) is 1. The third-order valence-electron chi connectivity index (χ3n) is 3.89. The van der Waals surface area contributed by atoms with Crippen molar-refractivity contribution in [3.05, 3.63) is 28.7 Å². The van der Waals surface area contributed by atoms with Gasteiger partial charge in [0.15, 0.2) is 0 Å². The standard InChI is InChI=1S/C15H22BrN3O3S/c1-18-9-7-12(8-10-18)17-15(20)11-19(23(2,21)22)14-6-4-3-5-13(14)16/h3-6,12H,7-11H2,1-2H3,(H,17,20). The molecule has 1 aromatic carbocycles. The molecule has 2 rings (SSSR count). The molecule has 1 N–H and O–H groups in total.